The normalized spacial score (nSPS) is 15.7. The summed E-state index contributed by atoms with van der Waals surface area (Å²) in [4.78, 5) is 28.9. The number of nitrogens with zero attached hydrogens (tertiary/aromatic N) is 3. The largest absolute Gasteiger partial charge is 0.489 e. The minimum absolute atomic E-state index is 0.0501. The zero-order chi connectivity index (χ0) is 21.5. The summed E-state index contributed by atoms with van der Waals surface area (Å²) < 4.78 is 12.1. The second-order valence-corrected chi connectivity index (χ2v) is 8.92. The van der Waals surface area contributed by atoms with Crippen LogP contribution in [0.2, 0.25) is 0 Å². The van der Waals surface area contributed by atoms with Crippen molar-refractivity contribution in [3.63, 3.8) is 0 Å². The van der Waals surface area contributed by atoms with Crippen molar-refractivity contribution < 1.29 is 14.3 Å². The van der Waals surface area contributed by atoms with Crippen LogP contribution < -0.4 is 10.1 Å². The SMILES string of the molecule is O=C(NC1=CN=IC=C1)N1CCN(C(=O)c2cccc(OCc3ccccc3)c2)CC1. The Morgan fingerprint density at radius 2 is 1.77 bits per heavy atom. The van der Waals surface area contributed by atoms with Gasteiger partial charge in [0, 0.05) is 52.8 Å². The van der Waals surface area contributed by atoms with Crippen molar-refractivity contribution >= 4 is 33.0 Å². The van der Waals surface area contributed by atoms with Gasteiger partial charge in [0.2, 0.25) is 0 Å². The quantitative estimate of drug-likeness (QED) is 0.588. The van der Waals surface area contributed by atoms with E-state index < -0.39 is 0 Å². The third kappa shape index (κ3) is 5.78. The molecule has 0 bridgehead atoms. The van der Waals surface area contributed by atoms with E-state index in [-0.39, 0.29) is 33.0 Å². The Kier molecular flexibility index (Phi) is 7.08. The Morgan fingerprint density at radius 1 is 1.00 bits per heavy atom. The number of ether oxygens (including phenoxy) is 1. The van der Waals surface area contributed by atoms with Crippen LogP contribution in [0, 0.1) is 0 Å². The molecule has 1 saturated heterocycles. The van der Waals surface area contributed by atoms with Crippen molar-refractivity contribution in [1.82, 2.24) is 15.1 Å². The van der Waals surface area contributed by atoms with E-state index in [2.05, 4.69) is 8.46 Å². The summed E-state index contributed by atoms with van der Waals surface area (Å²) in [5.41, 5.74) is 2.37. The van der Waals surface area contributed by atoms with Crippen molar-refractivity contribution in [2.24, 2.45) is 3.15 Å². The molecule has 2 aromatic carbocycles. The molecule has 7 nitrogen and oxygen atoms in total. The second kappa shape index (κ2) is 10.3. The van der Waals surface area contributed by atoms with Gasteiger partial charge >= 0.3 is 6.03 Å². The van der Waals surface area contributed by atoms with Gasteiger partial charge in [-0.2, -0.15) is 0 Å². The number of nitrogens with one attached hydrogen (secondary N) is 1. The molecule has 0 spiro atoms. The lowest BCUT2D eigenvalue weighted by Gasteiger charge is -2.34. The van der Waals surface area contributed by atoms with Crippen LogP contribution in [0.3, 0.4) is 0 Å². The average Bonchev–Trinajstić information content (AvgIpc) is 2.84. The Balaban J connectivity index is 1.30. The van der Waals surface area contributed by atoms with Gasteiger partial charge in [0.05, 0.1) is 11.9 Å². The molecule has 0 unspecified atom stereocenters. The van der Waals surface area contributed by atoms with Gasteiger partial charge in [-0.3, -0.25) is 4.79 Å². The van der Waals surface area contributed by atoms with Gasteiger partial charge < -0.3 is 19.9 Å². The van der Waals surface area contributed by atoms with Crippen LogP contribution in [0.15, 0.2) is 79.8 Å². The highest BCUT2D eigenvalue weighted by Crippen LogP contribution is 2.18. The fourth-order valence-electron chi connectivity index (χ4n) is 3.28. The molecular weight excluding hydrogens is 507 g/mol. The molecule has 2 aromatic rings. The number of urea groups is 1. The molecule has 0 saturated carbocycles. The minimum Gasteiger partial charge on any atom is -0.489 e. The second-order valence-electron chi connectivity index (χ2n) is 7.08. The number of hydrogen-bond acceptors (Lipinski definition) is 4. The summed E-state index contributed by atoms with van der Waals surface area (Å²) in [5, 5.41) is 2.86. The zero-order valence-electron chi connectivity index (χ0n) is 16.9. The van der Waals surface area contributed by atoms with E-state index in [1.54, 1.807) is 28.1 Å². The molecule has 1 N–H and O–H groups in total. The number of benzene rings is 2. The van der Waals surface area contributed by atoms with E-state index in [4.69, 9.17) is 4.74 Å². The summed E-state index contributed by atoms with van der Waals surface area (Å²) in [6.07, 6.45) is 3.60. The Morgan fingerprint density at radius 3 is 2.52 bits per heavy atom. The van der Waals surface area contributed by atoms with Gasteiger partial charge in [0.25, 0.3) is 5.91 Å². The molecule has 8 heteroatoms. The third-order valence-electron chi connectivity index (χ3n) is 4.98. The van der Waals surface area contributed by atoms with Crippen molar-refractivity contribution in [1.29, 1.82) is 0 Å². The molecule has 0 radical (unpaired) electrons. The Hall–Kier alpha value is -3.01. The average molecular weight is 530 g/mol. The van der Waals surface area contributed by atoms with E-state index in [1.807, 2.05) is 52.6 Å². The molecular formula is C23H23IN4O3. The minimum atomic E-state index is -0.257. The first kappa shape index (κ1) is 21.2. The van der Waals surface area contributed by atoms with Crippen LogP contribution in [0.5, 0.6) is 5.75 Å². The van der Waals surface area contributed by atoms with Crippen LogP contribution in [-0.2, 0) is 6.61 Å². The summed E-state index contributed by atoms with van der Waals surface area (Å²) in [7, 11) is 0. The highest BCUT2D eigenvalue weighted by Gasteiger charge is 2.25. The summed E-state index contributed by atoms with van der Waals surface area (Å²) in [6, 6.07) is 17.0. The van der Waals surface area contributed by atoms with E-state index in [1.165, 1.54) is 0 Å². The van der Waals surface area contributed by atoms with E-state index in [9.17, 15) is 9.59 Å². The highest BCUT2D eigenvalue weighted by molar-refractivity contribution is 14.2. The molecule has 1 fully saturated rings. The summed E-state index contributed by atoms with van der Waals surface area (Å²) >= 11 is -0.257. The number of carbonyl (C=O) groups excluding carboxylic acids is 2. The summed E-state index contributed by atoms with van der Waals surface area (Å²) in [5.74, 6) is 0.611. The fraction of sp³-hybridized carbons (Fsp3) is 0.217. The van der Waals surface area contributed by atoms with Crippen molar-refractivity contribution in [3.05, 3.63) is 87.8 Å². The lowest BCUT2D eigenvalue weighted by atomic mass is 10.1. The first-order chi connectivity index (χ1) is 15.2. The van der Waals surface area contributed by atoms with E-state index in [0.717, 1.165) is 5.56 Å². The van der Waals surface area contributed by atoms with Gasteiger partial charge in [0.15, 0.2) is 0 Å². The van der Waals surface area contributed by atoms with Gasteiger partial charge in [-0.15, -0.1) is 0 Å². The maximum Gasteiger partial charge on any atom is 0.322 e. The molecule has 0 aromatic heterocycles. The predicted molar refractivity (Wildman–Crippen MR) is 127 cm³/mol. The number of carbonyl (C=O) groups is 2. The van der Waals surface area contributed by atoms with Gasteiger partial charge in [-0.05, 0) is 33.9 Å². The Bertz CT molecular complexity index is 1030. The molecule has 2 aliphatic heterocycles. The highest BCUT2D eigenvalue weighted by atomic mass is 127. The van der Waals surface area contributed by atoms with Crippen molar-refractivity contribution in [3.8, 4) is 5.75 Å². The van der Waals surface area contributed by atoms with Crippen LogP contribution in [0.4, 0.5) is 4.79 Å². The first-order valence-corrected chi connectivity index (χ1v) is 12.2. The molecule has 2 heterocycles. The van der Waals surface area contributed by atoms with Gasteiger partial charge in [-0.1, -0.05) is 36.4 Å². The monoisotopic (exact) mass is 530 g/mol. The number of halogens is 1. The first-order valence-electron chi connectivity index (χ1n) is 10.0. The van der Waals surface area contributed by atoms with E-state index >= 15 is 0 Å². The number of hydrogen-bond donors (Lipinski definition) is 1. The topological polar surface area (TPSA) is 74.2 Å². The van der Waals surface area contributed by atoms with Gasteiger partial charge in [-0.25, -0.2) is 7.94 Å². The van der Waals surface area contributed by atoms with Crippen LogP contribution in [-0.4, -0.2) is 47.9 Å². The maximum atomic E-state index is 12.9. The molecule has 0 aliphatic carbocycles. The fourth-order valence-corrected chi connectivity index (χ4v) is 4.48. The van der Waals surface area contributed by atoms with Crippen LogP contribution in [0.1, 0.15) is 15.9 Å². The number of amides is 3. The lowest BCUT2D eigenvalue weighted by molar-refractivity contribution is 0.0666. The standard InChI is InChI=1S/C23H23IN4O3/c29-22(19-7-4-8-21(15-19)31-17-18-5-2-1-3-6-18)27-11-13-28(14-12-27)23(30)26-20-9-10-24-25-16-20/h1-10,15-16H,11-14,17H2,(H,26,30). The molecule has 2 aliphatic rings. The number of rotatable bonds is 5. The van der Waals surface area contributed by atoms with Crippen LogP contribution in [0.25, 0.3) is 0 Å². The maximum absolute atomic E-state index is 12.9. The van der Waals surface area contributed by atoms with E-state index in [0.29, 0.717) is 49.8 Å². The summed E-state index contributed by atoms with van der Waals surface area (Å²) in [6.45, 7) is 2.41. The molecule has 3 amide bonds. The zero-order valence-corrected chi connectivity index (χ0v) is 19.1. The van der Waals surface area contributed by atoms with Crippen LogP contribution >= 0.6 is 21.0 Å². The van der Waals surface area contributed by atoms with Crippen molar-refractivity contribution in [2.45, 2.75) is 6.61 Å². The molecule has 160 valence electrons. The number of piperazine rings is 1. The smallest absolute Gasteiger partial charge is 0.322 e. The predicted octanol–water partition coefficient (Wildman–Crippen LogP) is 4.26. The van der Waals surface area contributed by atoms with Gasteiger partial charge in [0.1, 0.15) is 12.4 Å². The Labute approximate surface area is 191 Å². The lowest BCUT2D eigenvalue weighted by Crippen LogP contribution is -2.53. The molecule has 31 heavy (non-hydrogen) atoms. The molecule has 0 atom stereocenters. The number of allylic oxidation sites excluding steroid dienone is 1. The third-order valence-corrected chi connectivity index (χ3v) is 6.26. The van der Waals surface area contributed by atoms with Crippen molar-refractivity contribution in [2.75, 3.05) is 26.2 Å². The molecule has 4 rings (SSSR count).